The molecule has 1 N–H and O–H groups in total. The van der Waals surface area contributed by atoms with Crippen molar-refractivity contribution in [1.82, 2.24) is 10.2 Å². The van der Waals surface area contributed by atoms with Crippen LogP contribution in [0.5, 0.6) is 0 Å². The summed E-state index contributed by atoms with van der Waals surface area (Å²) < 4.78 is 23.3. The van der Waals surface area contributed by atoms with Gasteiger partial charge in [-0.25, -0.2) is 8.42 Å². The van der Waals surface area contributed by atoms with E-state index in [0.717, 1.165) is 11.3 Å². The van der Waals surface area contributed by atoms with Gasteiger partial charge in [0.1, 0.15) is 0 Å². The van der Waals surface area contributed by atoms with Crippen molar-refractivity contribution in [2.45, 2.75) is 30.4 Å². The second kappa shape index (κ2) is 4.22. The van der Waals surface area contributed by atoms with Crippen LogP contribution in [0.2, 0.25) is 0 Å². The lowest BCUT2D eigenvalue weighted by atomic mass is 10.6. The fourth-order valence-electron chi connectivity index (χ4n) is 0.749. The summed E-state index contributed by atoms with van der Waals surface area (Å²) in [7, 11) is -3.27. The molecule has 0 saturated heterocycles. The second-order valence-electron chi connectivity index (χ2n) is 3.00. The first-order chi connectivity index (χ1) is 6.48. The Morgan fingerprint density at radius 3 is 2.57 bits per heavy atom. The molecule has 0 unspecified atom stereocenters. The summed E-state index contributed by atoms with van der Waals surface area (Å²) in [5, 5.41) is 10.4. The number of hydrogen-bond acceptors (Lipinski definition) is 6. The summed E-state index contributed by atoms with van der Waals surface area (Å²) in [6.07, 6.45) is 0. The van der Waals surface area contributed by atoms with E-state index in [-0.39, 0.29) is 4.34 Å². The Hall–Kier alpha value is -0.690. The Kier molecular flexibility index (Phi) is 3.43. The van der Waals surface area contributed by atoms with E-state index in [2.05, 4.69) is 15.5 Å². The zero-order valence-corrected chi connectivity index (χ0v) is 9.94. The Labute approximate surface area is 87.5 Å². The number of anilines is 1. The first kappa shape index (κ1) is 11.4. The standard InChI is InChI=1S/C7H13N3O2S2/c1-4-8-6-9-10-7(13-6)14(11,12)5(2)3/h5H,4H2,1-3H3,(H,8,9). The molecule has 1 aromatic heterocycles. The molecule has 14 heavy (non-hydrogen) atoms. The van der Waals surface area contributed by atoms with Gasteiger partial charge in [-0.3, -0.25) is 0 Å². The number of sulfone groups is 1. The Bertz CT molecular complexity index is 397. The minimum absolute atomic E-state index is 0.0865. The van der Waals surface area contributed by atoms with Crippen LogP contribution in [0.25, 0.3) is 0 Å². The number of aromatic nitrogens is 2. The summed E-state index contributed by atoms with van der Waals surface area (Å²) in [6, 6.07) is 0. The summed E-state index contributed by atoms with van der Waals surface area (Å²) >= 11 is 1.07. The topological polar surface area (TPSA) is 72.0 Å². The van der Waals surface area contributed by atoms with Crippen LogP contribution in [0.3, 0.4) is 0 Å². The predicted molar refractivity (Wildman–Crippen MR) is 56.4 cm³/mol. The molecule has 80 valence electrons. The van der Waals surface area contributed by atoms with Crippen molar-refractivity contribution in [3.8, 4) is 0 Å². The second-order valence-corrected chi connectivity index (χ2v) is 6.65. The molecule has 0 spiro atoms. The van der Waals surface area contributed by atoms with E-state index < -0.39 is 15.1 Å². The van der Waals surface area contributed by atoms with E-state index >= 15 is 0 Å². The zero-order chi connectivity index (χ0) is 10.8. The quantitative estimate of drug-likeness (QED) is 0.847. The summed E-state index contributed by atoms with van der Waals surface area (Å²) in [5.41, 5.74) is 0. The normalized spacial score (nSPS) is 12.0. The average Bonchev–Trinajstić information content (AvgIpc) is 2.53. The largest absolute Gasteiger partial charge is 0.360 e. The molecular formula is C7H13N3O2S2. The van der Waals surface area contributed by atoms with Crippen LogP contribution in [0.15, 0.2) is 4.34 Å². The highest BCUT2D eigenvalue weighted by molar-refractivity contribution is 7.93. The molecule has 5 nitrogen and oxygen atoms in total. The average molecular weight is 235 g/mol. The molecular weight excluding hydrogens is 222 g/mol. The highest BCUT2D eigenvalue weighted by Gasteiger charge is 2.23. The molecule has 1 aromatic rings. The van der Waals surface area contributed by atoms with Gasteiger partial charge in [-0.15, -0.1) is 10.2 Å². The molecule has 0 bridgehead atoms. The Morgan fingerprint density at radius 2 is 2.07 bits per heavy atom. The van der Waals surface area contributed by atoms with Gasteiger partial charge >= 0.3 is 0 Å². The third-order valence-electron chi connectivity index (χ3n) is 1.60. The molecule has 0 atom stereocenters. The maximum atomic E-state index is 11.6. The van der Waals surface area contributed by atoms with Crippen LogP contribution in [-0.4, -0.2) is 30.4 Å². The van der Waals surface area contributed by atoms with Crippen LogP contribution in [0.1, 0.15) is 20.8 Å². The third-order valence-corrected chi connectivity index (χ3v) is 5.03. The van der Waals surface area contributed by atoms with E-state index in [1.807, 2.05) is 6.92 Å². The monoisotopic (exact) mass is 235 g/mol. The van der Waals surface area contributed by atoms with Crippen LogP contribution >= 0.6 is 11.3 Å². The lowest BCUT2D eigenvalue weighted by molar-refractivity contribution is 0.585. The smallest absolute Gasteiger partial charge is 0.234 e. The van der Waals surface area contributed by atoms with Crippen molar-refractivity contribution in [2.75, 3.05) is 11.9 Å². The lowest BCUT2D eigenvalue weighted by Crippen LogP contribution is -2.13. The van der Waals surface area contributed by atoms with Gasteiger partial charge in [-0.1, -0.05) is 11.3 Å². The van der Waals surface area contributed by atoms with Gasteiger partial charge in [0.2, 0.25) is 19.3 Å². The molecule has 0 saturated carbocycles. The fraction of sp³-hybridized carbons (Fsp3) is 0.714. The molecule has 0 aliphatic carbocycles. The van der Waals surface area contributed by atoms with Crippen molar-refractivity contribution >= 4 is 26.3 Å². The number of nitrogens with zero attached hydrogens (tertiary/aromatic N) is 2. The van der Waals surface area contributed by atoms with Crippen molar-refractivity contribution in [2.24, 2.45) is 0 Å². The fourth-order valence-corrected chi connectivity index (χ4v) is 3.13. The van der Waals surface area contributed by atoms with E-state index in [9.17, 15) is 8.42 Å². The summed E-state index contributed by atoms with van der Waals surface area (Å²) in [4.78, 5) is 0. The summed E-state index contributed by atoms with van der Waals surface area (Å²) in [6.45, 7) is 5.88. The van der Waals surface area contributed by atoms with Crippen molar-refractivity contribution in [1.29, 1.82) is 0 Å². The SMILES string of the molecule is CCNc1nnc(S(=O)(=O)C(C)C)s1. The first-order valence-electron chi connectivity index (χ1n) is 4.29. The van der Waals surface area contributed by atoms with Crippen LogP contribution in [-0.2, 0) is 9.84 Å². The van der Waals surface area contributed by atoms with E-state index in [4.69, 9.17) is 0 Å². The maximum absolute atomic E-state index is 11.6. The molecule has 1 rings (SSSR count). The Morgan fingerprint density at radius 1 is 1.43 bits per heavy atom. The minimum Gasteiger partial charge on any atom is -0.360 e. The molecule has 0 aliphatic rings. The summed E-state index contributed by atoms with van der Waals surface area (Å²) in [5.74, 6) is 0. The van der Waals surface area contributed by atoms with Gasteiger partial charge in [0.25, 0.3) is 0 Å². The van der Waals surface area contributed by atoms with Gasteiger partial charge in [0.05, 0.1) is 5.25 Å². The number of hydrogen-bond donors (Lipinski definition) is 1. The molecule has 0 aliphatic heterocycles. The molecule has 1 heterocycles. The molecule has 7 heteroatoms. The molecule has 0 aromatic carbocycles. The maximum Gasteiger partial charge on any atom is 0.234 e. The molecule has 0 amide bonds. The van der Waals surface area contributed by atoms with Crippen molar-refractivity contribution in [3.63, 3.8) is 0 Å². The predicted octanol–water partition coefficient (Wildman–Crippen LogP) is 1.15. The van der Waals surface area contributed by atoms with Gasteiger partial charge in [-0.05, 0) is 20.8 Å². The lowest BCUT2D eigenvalue weighted by Gasteiger charge is -2.01. The third kappa shape index (κ3) is 2.21. The van der Waals surface area contributed by atoms with Gasteiger partial charge in [0, 0.05) is 6.54 Å². The van der Waals surface area contributed by atoms with E-state index in [1.165, 1.54) is 0 Å². The highest BCUT2D eigenvalue weighted by Crippen LogP contribution is 2.22. The first-order valence-corrected chi connectivity index (χ1v) is 6.66. The highest BCUT2D eigenvalue weighted by atomic mass is 32.2. The Balaban J connectivity index is 2.98. The van der Waals surface area contributed by atoms with Gasteiger partial charge < -0.3 is 5.32 Å². The van der Waals surface area contributed by atoms with Crippen LogP contribution in [0, 0.1) is 0 Å². The van der Waals surface area contributed by atoms with Gasteiger partial charge in [0.15, 0.2) is 0 Å². The van der Waals surface area contributed by atoms with E-state index in [1.54, 1.807) is 13.8 Å². The van der Waals surface area contributed by atoms with Crippen molar-refractivity contribution in [3.05, 3.63) is 0 Å². The number of rotatable bonds is 4. The van der Waals surface area contributed by atoms with Crippen LogP contribution < -0.4 is 5.32 Å². The van der Waals surface area contributed by atoms with Crippen molar-refractivity contribution < 1.29 is 8.42 Å². The molecule has 0 radical (unpaired) electrons. The number of nitrogens with one attached hydrogen (secondary N) is 1. The van der Waals surface area contributed by atoms with E-state index in [0.29, 0.717) is 11.7 Å². The van der Waals surface area contributed by atoms with Gasteiger partial charge in [-0.2, -0.15) is 0 Å². The van der Waals surface area contributed by atoms with Crippen LogP contribution in [0.4, 0.5) is 5.13 Å². The minimum atomic E-state index is -3.27. The zero-order valence-electron chi connectivity index (χ0n) is 8.31. The molecule has 0 fully saturated rings.